The minimum absolute atomic E-state index is 0.214. The number of rotatable bonds is 3. The van der Waals surface area contributed by atoms with E-state index in [9.17, 15) is 0 Å². The van der Waals surface area contributed by atoms with Gasteiger partial charge >= 0.3 is 0 Å². The van der Waals surface area contributed by atoms with E-state index in [2.05, 4.69) is 19.9 Å². The summed E-state index contributed by atoms with van der Waals surface area (Å²) >= 11 is 6.08. The number of nitrogens with one attached hydrogen (secondary N) is 2. The molecule has 0 aliphatic heterocycles. The summed E-state index contributed by atoms with van der Waals surface area (Å²) in [4.78, 5) is 14.6. The van der Waals surface area contributed by atoms with Crippen LogP contribution in [0.1, 0.15) is 17.6 Å². The highest BCUT2D eigenvalue weighted by atomic mass is 35.5. The number of halogens is 1. The number of nitrogens with two attached hydrogens (primary N) is 1. The summed E-state index contributed by atoms with van der Waals surface area (Å²) in [5.41, 5.74) is 8.76. The van der Waals surface area contributed by atoms with Crippen LogP contribution in [0.4, 0.5) is 0 Å². The van der Waals surface area contributed by atoms with Crippen LogP contribution in [0.5, 0.6) is 0 Å². The number of benzene rings is 1. The highest BCUT2D eigenvalue weighted by Crippen LogP contribution is 2.23. The summed E-state index contributed by atoms with van der Waals surface area (Å²) < 4.78 is 0. The molecule has 0 amide bonds. The zero-order chi connectivity index (χ0) is 12.5. The largest absolute Gasteiger partial charge is 0.348 e. The number of fused-ring (bicyclic) bond motifs is 1. The second-order valence-electron chi connectivity index (χ2n) is 4.15. The first-order valence-electron chi connectivity index (χ1n) is 5.61. The second-order valence-corrected chi connectivity index (χ2v) is 4.55. The van der Waals surface area contributed by atoms with Crippen molar-refractivity contribution in [2.75, 3.05) is 0 Å². The number of aromatic amines is 2. The number of aromatic nitrogens is 4. The van der Waals surface area contributed by atoms with Gasteiger partial charge in [0.15, 0.2) is 0 Å². The normalized spacial score (nSPS) is 13.0. The van der Waals surface area contributed by atoms with Crippen molar-refractivity contribution in [2.45, 2.75) is 12.5 Å². The van der Waals surface area contributed by atoms with Crippen molar-refractivity contribution in [1.29, 1.82) is 0 Å². The average Bonchev–Trinajstić information content (AvgIpc) is 2.97. The van der Waals surface area contributed by atoms with Gasteiger partial charge in [-0.2, -0.15) is 0 Å². The highest BCUT2D eigenvalue weighted by molar-refractivity contribution is 6.34. The molecule has 0 aliphatic carbocycles. The van der Waals surface area contributed by atoms with Gasteiger partial charge in [0.25, 0.3) is 0 Å². The highest BCUT2D eigenvalue weighted by Gasteiger charge is 2.13. The summed E-state index contributed by atoms with van der Waals surface area (Å²) in [7, 11) is 0. The molecule has 0 saturated carbocycles. The van der Waals surface area contributed by atoms with Crippen molar-refractivity contribution >= 4 is 22.6 Å². The van der Waals surface area contributed by atoms with Crippen molar-refractivity contribution in [3.63, 3.8) is 0 Å². The molecule has 5 nitrogen and oxygen atoms in total. The van der Waals surface area contributed by atoms with Crippen LogP contribution < -0.4 is 5.73 Å². The zero-order valence-electron chi connectivity index (χ0n) is 9.52. The maximum absolute atomic E-state index is 6.12. The molecule has 3 aromatic rings. The van der Waals surface area contributed by atoms with Crippen LogP contribution in [-0.4, -0.2) is 19.9 Å². The molecule has 0 spiro atoms. The first-order chi connectivity index (χ1) is 8.74. The standard InChI is InChI=1S/C12H12ClN5/c13-8-2-1-3-10-11(8)18-12(17-10)9(14)4-7-5-15-6-16-7/h1-3,5-6,9H,4,14H2,(H,15,16)(H,17,18). The molecule has 0 fully saturated rings. The summed E-state index contributed by atoms with van der Waals surface area (Å²) in [6, 6.07) is 5.41. The van der Waals surface area contributed by atoms with Crippen molar-refractivity contribution in [1.82, 2.24) is 19.9 Å². The van der Waals surface area contributed by atoms with E-state index in [1.807, 2.05) is 18.2 Å². The van der Waals surface area contributed by atoms with E-state index in [-0.39, 0.29) is 6.04 Å². The Morgan fingerprint density at radius 1 is 1.39 bits per heavy atom. The Balaban J connectivity index is 1.92. The van der Waals surface area contributed by atoms with Gasteiger partial charge in [-0.15, -0.1) is 0 Å². The lowest BCUT2D eigenvalue weighted by atomic mass is 10.2. The lowest BCUT2D eigenvalue weighted by molar-refractivity contribution is 0.671. The molecule has 1 unspecified atom stereocenters. The van der Waals surface area contributed by atoms with Gasteiger partial charge in [0.05, 0.1) is 22.9 Å². The Labute approximate surface area is 108 Å². The fourth-order valence-electron chi connectivity index (χ4n) is 1.92. The SMILES string of the molecule is NC(Cc1cnc[nH]1)c1nc2c(Cl)cccc2[nH]1. The number of hydrogen-bond acceptors (Lipinski definition) is 3. The van der Waals surface area contributed by atoms with Gasteiger partial charge in [-0.1, -0.05) is 17.7 Å². The molecule has 92 valence electrons. The maximum Gasteiger partial charge on any atom is 0.124 e. The number of nitrogens with zero attached hydrogens (tertiary/aromatic N) is 2. The molecule has 3 rings (SSSR count). The van der Waals surface area contributed by atoms with Crippen LogP contribution in [0.15, 0.2) is 30.7 Å². The molecule has 6 heteroatoms. The molecule has 0 aliphatic rings. The van der Waals surface area contributed by atoms with Gasteiger partial charge in [0.2, 0.25) is 0 Å². The number of para-hydroxylation sites is 1. The molecule has 2 heterocycles. The third kappa shape index (κ3) is 1.98. The van der Waals surface area contributed by atoms with Gasteiger partial charge in [-0.25, -0.2) is 9.97 Å². The minimum Gasteiger partial charge on any atom is -0.348 e. The van der Waals surface area contributed by atoms with E-state index in [1.165, 1.54) is 0 Å². The molecule has 1 aromatic carbocycles. The number of hydrogen-bond donors (Lipinski definition) is 3. The van der Waals surface area contributed by atoms with Crippen LogP contribution in [-0.2, 0) is 6.42 Å². The molecule has 1 atom stereocenters. The summed E-state index contributed by atoms with van der Waals surface area (Å²) in [6.45, 7) is 0. The van der Waals surface area contributed by atoms with E-state index in [0.717, 1.165) is 22.6 Å². The van der Waals surface area contributed by atoms with Crippen molar-refractivity contribution in [3.05, 3.63) is 47.3 Å². The fourth-order valence-corrected chi connectivity index (χ4v) is 2.14. The molecule has 0 bridgehead atoms. The van der Waals surface area contributed by atoms with E-state index in [4.69, 9.17) is 17.3 Å². The van der Waals surface area contributed by atoms with Gasteiger partial charge in [-0.05, 0) is 12.1 Å². The Bertz CT molecular complexity index is 658. The van der Waals surface area contributed by atoms with E-state index >= 15 is 0 Å². The van der Waals surface area contributed by atoms with E-state index < -0.39 is 0 Å². The molecule has 0 radical (unpaired) electrons. The number of imidazole rings is 2. The topological polar surface area (TPSA) is 83.4 Å². The lowest BCUT2D eigenvalue weighted by Crippen LogP contribution is -2.15. The van der Waals surface area contributed by atoms with Crippen LogP contribution in [0.2, 0.25) is 5.02 Å². The van der Waals surface area contributed by atoms with E-state index in [1.54, 1.807) is 12.5 Å². The van der Waals surface area contributed by atoms with Crippen molar-refractivity contribution in [2.24, 2.45) is 5.73 Å². The average molecular weight is 262 g/mol. The maximum atomic E-state index is 6.12. The Hall–Kier alpha value is -1.85. The smallest absolute Gasteiger partial charge is 0.124 e. The van der Waals surface area contributed by atoms with Crippen LogP contribution in [0, 0.1) is 0 Å². The van der Waals surface area contributed by atoms with Crippen LogP contribution >= 0.6 is 11.6 Å². The summed E-state index contributed by atoms with van der Waals surface area (Å²) in [6.07, 6.45) is 4.05. The molecule has 2 aromatic heterocycles. The van der Waals surface area contributed by atoms with E-state index in [0.29, 0.717) is 11.4 Å². The number of H-pyrrole nitrogens is 2. The summed E-state index contributed by atoms with van der Waals surface area (Å²) in [5, 5.41) is 0.628. The molecule has 4 N–H and O–H groups in total. The molecule has 0 saturated heterocycles. The lowest BCUT2D eigenvalue weighted by Gasteiger charge is -2.06. The third-order valence-corrected chi connectivity index (χ3v) is 3.13. The monoisotopic (exact) mass is 261 g/mol. The first kappa shape index (κ1) is 11.3. The van der Waals surface area contributed by atoms with Crippen molar-refractivity contribution < 1.29 is 0 Å². The predicted octanol–water partition coefficient (Wildman–Crippen LogP) is 2.18. The second kappa shape index (κ2) is 4.44. The fraction of sp³-hybridized carbons (Fsp3) is 0.167. The van der Waals surface area contributed by atoms with Crippen molar-refractivity contribution in [3.8, 4) is 0 Å². The Kier molecular flexibility index (Phi) is 2.77. The molecular weight excluding hydrogens is 250 g/mol. The zero-order valence-corrected chi connectivity index (χ0v) is 10.3. The molecule has 18 heavy (non-hydrogen) atoms. The van der Waals surface area contributed by atoms with Gasteiger partial charge in [0, 0.05) is 18.3 Å². The van der Waals surface area contributed by atoms with Gasteiger partial charge < -0.3 is 15.7 Å². The molecular formula is C12H12ClN5. The van der Waals surface area contributed by atoms with Crippen LogP contribution in [0.25, 0.3) is 11.0 Å². The Morgan fingerprint density at radius 3 is 3.00 bits per heavy atom. The predicted molar refractivity (Wildman–Crippen MR) is 70.3 cm³/mol. The van der Waals surface area contributed by atoms with Crippen LogP contribution in [0.3, 0.4) is 0 Å². The third-order valence-electron chi connectivity index (χ3n) is 2.83. The quantitative estimate of drug-likeness (QED) is 0.676. The minimum atomic E-state index is -0.214. The summed E-state index contributed by atoms with van der Waals surface area (Å²) in [5.74, 6) is 0.729. The van der Waals surface area contributed by atoms with Gasteiger partial charge in [-0.3, -0.25) is 0 Å². The van der Waals surface area contributed by atoms with Gasteiger partial charge in [0.1, 0.15) is 11.3 Å². The first-order valence-corrected chi connectivity index (χ1v) is 5.99. The Morgan fingerprint density at radius 2 is 2.28 bits per heavy atom.